The topological polar surface area (TPSA) is 27.1 Å². The van der Waals surface area contributed by atoms with Gasteiger partial charge in [0.2, 0.25) is 0 Å². The van der Waals surface area contributed by atoms with E-state index in [1.54, 1.807) is 0 Å². The van der Waals surface area contributed by atoms with Gasteiger partial charge in [0, 0.05) is 19.0 Å². The molecule has 0 aromatic rings. The lowest BCUT2D eigenvalue weighted by atomic mass is 9.88. The summed E-state index contributed by atoms with van der Waals surface area (Å²) in [4.78, 5) is 2.39. The Labute approximate surface area is 106 Å². The van der Waals surface area contributed by atoms with E-state index >= 15 is 0 Å². The molecule has 2 aliphatic rings. The van der Waals surface area contributed by atoms with Crippen molar-refractivity contribution in [3.8, 4) is 0 Å². The molecular weight excluding hydrogens is 208 g/mol. The van der Waals surface area contributed by atoms with Crippen LogP contribution in [0.4, 0.5) is 0 Å². The van der Waals surface area contributed by atoms with E-state index < -0.39 is 0 Å². The van der Waals surface area contributed by atoms with Crippen LogP contribution in [-0.4, -0.2) is 23.8 Å². The Kier molecular flexibility index (Phi) is 4.87. The summed E-state index contributed by atoms with van der Waals surface area (Å²) in [5.74, 6) is 2.47. The third kappa shape index (κ3) is 3.46. The minimum atomic E-state index is 0.585. The second-order valence-electron chi connectivity index (χ2n) is 5.91. The van der Waals surface area contributed by atoms with Gasteiger partial charge in [0.25, 0.3) is 0 Å². The standard InChI is InChI=1S/C15H28N2/c1-2-13-7-6-11-17(12-10-13)15(16)14-8-4-3-5-9-14/h13-14,16H,2-12H2,1H3. The molecule has 2 rings (SSSR count). The second-order valence-corrected chi connectivity index (χ2v) is 5.91. The fraction of sp³-hybridized carbons (Fsp3) is 0.933. The predicted molar refractivity (Wildman–Crippen MR) is 73.5 cm³/mol. The van der Waals surface area contributed by atoms with Gasteiger partial charge in [-0.1, -0.05) is 32.6 Å². The summed E-state index contributed by atoms with van der Waals surface area (Å²) >= 11 is 0. The lowest BCUT2D eigenvalue weighted by Crippen LogP contribution is -2.37. The molecule has 0 bridgehead atoms. The van der Waals surface area contributed by atoms with Gasteiger partial charge in [-0.05, 0) is 38.0 Å². The summed E-state index contributed by atoms with van der Waals surface area (Å²) in [5.41, 5.74) is 0. The highest BCUT2D eigenvalue weighted by Gasteiger charge is 2.24. The number of rotatable bonds is 2. The zero-order chi connectivity index (χ0) is 12.1. The van der Waals surface area contributed by atoms with Crippen molar-refractivity contribution >= 4 is 5.84 Å². The maximum Gasteiger partial charge on any atom is 0.0989 e. The van der Waals surface area contributed by atoms with Crippen molar-refractivity contribution in [1.82, 2.24) is 4.90 Å². The van der Waals surface area contributed by atoms with Crippen LogP contribution in [0.3, 0.4) is 0 Å². The minimum Gasteiger partial charge on any atom is -0.360 e. The van der Waals surface area contributed by atoms with Crippen LogP contribution in [0.5, 0.6) is 0 Å². The van der Waals surface area contributed by atoms with Crippen LogP contribution in [0.15, 0.2) is 0 Å². The maximum atomic E-state index is 8.42. The highest BCUT2D eigenvalue weighted by molar-refractivity contribution is 5.81. The predicted octanol–water partition coefficient (Wildman–Crippen LogP) is 4.06. The number of hydrogen-bond donors (Lipinski definition) is 1. The number of nitrogens with zero attached hydrogens (tertiary/aromatic N) is 1. The third-order valence-electron chi connectivity index (χ3n) is 4.76. The van der Waals surface area contributed by atoms with E-state index in [1.807, 2.05) is 0 Å². The van der Waals surface area contributed by atoms with Gasteiger partial charge in [-0.3, -0.25) is 5.41 Å². The Balaban J connectivity index is 1.85. The summed E-state index contributed by atoms with van der Waals surface area (Å²) in [6.45, 7) is 4.60. The Bertz CT molecular complexity index is 243. The second kappa shape index (κ2) is 6.42. The van der Waals surface area contributed by atoms with Crippen LogP contribution in [-0.2, 0) is 0 Å². The van der Waals surface area contributed by atoms with E-state index in [2.05, 4.69) is 11.8 Å². The highest BCUT2D eigenvalue weighted by Crippen LogP contribution is 2.27. The molecule has 0 aromatic heterocycles. The molecule has 17 heavy (non-hydrogen) atoms. The molecule has 1 aliphatic heterocycles. The molecule has 1 N–H and O–H groups in total. The van der Waals surface area contributed by atoms with Crippen molar-refractivity contribution in [2.75, 3.05) is 13.1 Å². The lowest BCUT2D eigenvalue weighted by Gasteiger charge is -2.31. The SMILES string of the molecule is CCC1CCCN(C(=N)C2CCCCC2)CC1. The first-order valence-corrected chi connectivity index (χ1v) is 7.64. The van der Waals surface area contributed by atoms with Crippen molar-refractivity contribution in [1.29, 1.82) is 5.41 Å². The fourth-order valence-corrected chi connectivity index (χ4v) is 3.45. The normalized spacial score (nSPS) is 27.8. The molecule has 2 fully saturated rings. The van der Waals surface area contributed by atoms with Crippen LogP contribution in [0, 0.1) is 17.2 Å². The Morgan fingerprint density at radius 3 is 2.47 bits per heavy atom. The third-order valence-corrected chi connectivity index (χ3v) is 4.76. The highest BCUT2D eigenvalue weighted by atomic mass is 15.2. The van der Waals surface area contributed by atoms with Gasteiger partial charge in [-0.15, -0.1) is 0 Å². The zero-order valence-electron chi connectivity index (χ0n) is 11.4. The number of nitrogens with one attached hydrogen (secondary N) is 1. The first-order valence-electron chi connectivity index (χ1n) is 7.64. The summed E-state index contributed by atoms with van der Waals surface area (Å²) in [5, 5.41) is 8.42. The van der Waals surface area contributed by atoms with Crippen molar-refractivity contribution < 1.29 is 0 Å². The molecule has 1 unspecified atom stereocenters. The van der Waals surface area contributed by atoms with E-state index in [1.165, 1.54) is 57.8 Å². The first kappa shape index (κ1) is 12.9. The molecule has 1 saturated heterocycles. The van der Waals surface area contributed by atoms with Gasteiger partial charge in [-0.25, -0.2) is 0 Å². The van der Waals surface area contributed by atoms with Crippen molar-refractivity contribution in [3.63, 3.8) is 0 Å². The zero-order valence-corrected chi connectivity index (χ0v) is 11.4. The van der Waals surface area contributed by atoms with Crippen molar-refractivity contribution in [2.45, 2.75) is 64.7 Å². The molecule has 2 nitrogen and oxygen atoms in total. The molecule has 0 aromatic carbocycles. The minimum absolute atomic E-state index is 0.585. The molecule has 0 radical (unpaired) electrons. The fourth-order valence-electron chi connectivity index (χ4n) is 3.45. The summed E-state index contributed by atoms with van der Waals surface area (Å²) < 4.78 is 0. The van der Waals surface area contributed by atoms with E-state index in [9.17, 15) is 0 Å². The van der Waals surface area contributed by atoms with Gasteiger partial charge in [-0.2, -0.15) is 0 Å². The Hall–Kier alpha value is -0.530. The monoisotopic (exact) mass is 236 g/mol. The number of amidine groups is 1. The quantitative estimate of drug-likeness (QED) is 0.568. The molecule has 98 valence electrons. The molecule has 1 saturated carbocycles. The number of hydrogen-bond acceptors (Lipinski definition) is 1. The largest absolute Gasteiger partial charge is 0.360 e. The maximum absolute atomic E-state index is 8.42. The molecule has 1 atom stereocenters. The molecular formula is C15H28N2. The van der Waals surface area contributed by atoms with Crippen LogP contribution < -0.4 is 0 Å². The van der Waals surface area contributed by atoms with Gasteiger partial charge >= 0.3 is 0 Å². The molecule has 2 heteroatoms. The molecule has 1 heterocycles. The van der Waals surface area contributed by atoms with Gasteiger partial charge in [0.1, 0.15) is 0 Å². The van der Waals surface area contributed by atoms with Crippen LogP contribution >= 0.6 is 0 Å². The molecule has 1 aliphatic carbocycles. The van der Waals surface area contributed by atoms with E-state index in [-0.39, 0.29) is 0 Å². The summed E-state index contributed by atoms with van der Waals surface area (Å²) in [6.07, 6.45) is 11.9. The summed E-state index contributed by atoms with van der Waals surface area (Å²) in [6, 6.07) is 0. The van der Waals surface area contributed by atoms with E-state index in [0.29, 0.717) is 5.92 Å². The van der Waals surface area contributed by atoms with Gasteiger partial charge < -0.3 is 4.90 Å². The average Bonchev–Trinajstić information content (AvgIpc) is 2.64. The molecule has 0 amide bonds. The van der Waals surface area contributed by atoms with Crippen LogP contribution in [0.2, 0.25) is 0 Å². The summed E-state index contributed by atoms with van der Waals surface area (Å²) in [7, 11) is 0. The van der Waals surface area contributed by atoms with Crippen LogP contribution in [0.1, 0.15) is 64.7 Å². The Morgan fingerprint density at radius 2 is 1.76 bits per heavy atom. The average molecular weight is 236 g/mol. The van der Waals surface area contributed by atoms with Crippen molar-refractivity contribution in [2.24, 2.45) is 11.8 Å². The molecule has 0 spiro atoms. The lowest BCUT2D eigenvalue weighted by molar-refractivity contribution is 0.353. The smallest absolute Gasteiger partial charge is 0.0989 e. The first-order chi connectivity index (χ1) is 8.31. The van der Waals surface area contributed by atoms with Crippen molar-refractivity contribution in [3.05, 3.63) is 0 Å². The van der Waals surface area contributed by atoms with E-state index in [4.69, 9.17) is 5.41 Å². The number of likely N-dealkylation sites (tertiary alicyclic amines) is 1. The Morgan fingerprint density at radius 1 is 1.00 bits per heavy atom. The van der Waals surface area contributed by atoms with E-state index in [0.717, 1.165) is 24.8 Å². The van der Waals surface area contributed by atoms with Gasteiger partial charge in [0.05, 0.1) is 5.84 Å². The van der Waals surface area contributed by atoms with Gasteiger partial charge in [0.15, 0.2) is 0 Å². The van der Waals surface area contributed by atoms with Crippen LogP contribution in [0.25, 0.3) is 0 Å².